The van der Waals surface area contributed by atoms with E-state index in [1.54, 1.807) is 40.0 Å². The van der Waals surface area contributed by atoms with Gasteiger partial charge in [0.25, 0.3) is 0 Å². The van der Waals surface area contributed by atoms with E-state index >= 15 is 0 Å². The maximum absolute atomic E-state index is 12.2. The highest BCUT2D eigenvalue weighted by Gasteiger charge is 2.13. The molecule has 27 heavy (non-hydrogen) atoms. The van der Waals surface area contributed by atoms with E-state index in [1.807, 2.05) is 12.3 Å². The second kappa shape index (κ2) is 8.03. The molecule has 1 aliphatic heterocycles. The van der Waals surface area contributed by atoms with Gasteiger partial charge in [0.15, 0.2) is 0 Å². The molecule has 3 aromatic rings. The molecule has 4 heterocycles. The van der Waals surface area contributed by atoms with Gasteiger partial charge in [0.05, 0.1) is 24.3 Å². The molecular weight excluding hydrogens is 364 g/mol. The van der Waals surface area contributed by atoms with Gasteiger partial charge >= 0.3 is 0 Å². The monoisotopic (exact) mass is 386 g/mol. The number of nitrogens with zero attached hydrogens (tertiary/aromatic N) is 5. The molecule has 0 aromatic carbocycles. The Balaban J connectivity index is 1.36. The van der Waals surface area contributed by atoms with Crippen molar-refractivity contribution in [1.29, 1.82) is 0 Å². The number of amides is 1. The Morgan fingerprint density at radius 2 is 2.19 bits per heavy atom. The zero-order chi connectivity index (χ0) is 18.6. The van der Waals surface area contributed by atoms with E-state index in [9.17, 15) is 4.79 Å². The van der Waals surface area contributed by atoms with Gasteiger partial charge in [-0.1, -0.05) is 0 Å². The van der Waals surface area contributed by atoms with Crippen molar-refractivity contribution < 1.29 is 9.53 Å². The average molecular weight is 386 g/mol. The number of hydrogen-bond acceptors (Lipinski definition) is 6. The third-order valence-electron chi connectivity index (χ3n) is 4.45. The van der Waals surface area contributed by atoms with E-state index in [0.717, 1.165) is 43.4 Å². The van der Waals surface area contributed by atoms with Crippen molar-refractivity contribution in [2.24, 2.45) is 7.05 Å². The molecule has 0 bridgehead atoms. The minimum atomic E-state index is -0.132. The molecule has 8 nitrogen and oxygen atoms in total. The SMILES string of the molecule is Cn1nccc1NC(=O)Cn1ccc(-c2cc(CN3CCOCC3)cs2)n1. The number of hydrogen-bond donors (Lipinski definition) is 1. The Labute approximate surface area is 161 Å². The highest BCUT2D eigenvalue weighted by molar-refractivity contribution is 7.13. The van der Waals surface area contributed by atoms with E-state index in [0.29, 0.717) is 5.82 Å². The topological polar surface area (TPSA) is 77.2 Å². The van der Waals surface area contributed by atoms with Crippen LogP contribution in [-0.4, -0.2) is 56.7 Å². The first-order chi connectivity index (χ1) is 13.2. The largest absolute Gasteiger partial charge is 0.379 e. The fraction of sp³-hybridized carbons (Fsp3) is 0.389. The van der Waals surface area contributed by atoms with Gasteiger partial charge in [0.2, 0.25) is 5.91 Å². The van der Waals surface area contributed by atoms with Crippen LogP contribution in [0.15, 0.2) is 36.0 Å². The Kier molecular flexibility index (Phi) is 5.33. The lowest BCUT2D eigenvalue weighted by Gasteiger charge is -2.26. The molecule has 0 radical (unpaired) electrons. The van der Waals surface area contributed by atoms with E-state index < -0.39 is 0 Å². The van der Waals surface area contributed by atoms with Gasteiger partial charge in [0, 0.05) is 38.9 Å². The van der Waals surface area contributed by atoms with Crippen molar-refractivity contribution in [3.8, 4) is 10.6 Å². The maximum atomic E-state index is 12.2. The number of aromatic nitrogens is 4. The summed E-state index contributed by atoms with van der Waals surface area (Å²) in [5.74, 6) is 0.533. The lowest BCUT2D eigenvalue weighted by molar-refractivity contribution is -0.116. The van der Waals surface area contributed by atoms with Crippen molar-refractivity contribution in [3.63, 3.8) is 0 Å². The number of carbonyl (C=O) groups is 1. The Morgan fingerprint density at radius 3 is 2.96 bits per heavy atom. The third-order valence-corrected chi connectivity index (χ3v) is 5.45. The van der Waals surface area contributed by atoms with Crippen LogP contribution in [-0.2, 0) is 29.7 Å². The summed E-state index contributed by atoms with van der Waals surface area (Å²) in [5, 5.41) is 13.6. The Bertz CT molecular complexity index is 908. The first kappa shape index (κ1) is 17.9. The highest BCUT2D eigenvalue weighted by atomic mass is 32.1. The zero-order valence-corrected chi connectivity index (χ0v) is 16.0. The first-order valence-corrected chi connectivity index (χ1v) is 9.74. The molecule has 0 aliphatic carbocycles. The van der Waals surface area contributed by atoms with Crippen molar-refractivity contribution in [3.05, 3.63) is 41.5 Å². The molecule has 1 N–H and O–H groups in total. The molecule has 142 valence electrons. The van der Waals surface area contributed by atoms with Gasteiger partial charge in [-0.2, -0.15) is 10.2 Å². The van der Waals surface area contributed by atoms with E-state index in [-0.39, 0.29) is 12.5 Å². The van der Waals surface area contributed by atoms with Crippen LogP contribution in [0, 0.1) is 0 Å². The molecule has 0 spiro atoms. The van der Waals surface area contributed by atoms with E-state index in [2.05, 4.69) is 31.9 Å². The standard InChI is InChI=1S/C18H22N6O2S/c1-22-17(2-4-19-22)20-18(25)12-24-5-3-15(21-24)16-10-14(13-27-16)11-23-6-8-26-9-7-23/h2-5,10,13H,6-9,11-12H2,1H3,(H,20,25). The van der Waals surface area contributed by atoms with Crippen LogP contribution in [0.25, 0.3) is 10.6 Å². The Morgan fingerprint density at radius 1 is 1.33 bits per heavy atom. The molecular formula is C18H22N6O2S. The summed E-state index contributed by atoms with van der Waals surface area (Å²) in [6.45, 7) is 4.67. The number of aryl methyl sites for hydroxylation is 1. The minimum Gasteiger partial charge on any atom is -0.379 e. The summed E-state index contributed by atoms with van der Waals surface area (Å²) in [6, 6.07) is 5.89. The van der Waals surface area contributed by atoms with Gasteiger partial charge < -0.3 is 10.1 Å². The quantitative estimate of drug-likeness (QED) is 0.699. The number of thiophene rings is 1. The van der Waals surface area contributed by atoms with Crippen LogP contribution in [0.5, 0.6) is 0 Å². The summed E-state index contributed by atoms with van der Waals surface area (Å²) >= 11 is 1.68. The predicted molar refractivity (Wildman–Crippen MR) is 103 cm³/mol. The zero-order valence-electron chi connectivity index (χ0n) is 15.2. The van der Waals surface area contributed by atoms with Gasteiger partial charge in [-0.3, -0.25) is 19.1 Å². The van der Waals surface area contributed by atoms with Crippen LogP contribution in [0.1, 0.15) is 5.56 Å². The highest BCUT2D eigenvalue weighted by Crippen LogP contribution is 2.26. The number of rotatable bonds is 6. The molecule has 4 rings (SSSR count). The minimum absolute atomic E-state index is 0.132. The van der Waals surface area contributed by atoms with E-state index in [1.165, 1.54) is 5.56 Å². The molecule has 0 saturated carbocycles. The van der Waals surface area contributed by atoms with E-state index in [4.69, 9.17) is 4.74 Å². The fourth-order valence-corrected chi connectivity index (χ4v) is 3.89. The normalized spacial score (nSPS) is 15.1. The number of anilines is 1. The van der Waals surface area contributed by atoms with Gasteiger partial charge in [-0.05, 0) is 23.1 Å². The lowest BCUT2D eigenvalue weighted by Crippen LogP contribution is -2.35. The lowest BCUT2D eigenvalue weighted by atomic mass is 10.2. The van der Waals surface area contributed by atoms with Gasteiger partial charge in [0.1, 0.15) is 18.1 Å². The third kappa shape index (κ3) is 4.44. The van der Waals surface area contributed by atoms with Crippen molar-refractivity contribution in [1.82, 2.24) is 24.5 Å². The van der Waals surface area contributed by atoms with Crippen LogP contribution in [0.3, 0.4) is 0 Å². The van der Waals surface area contributed by atoms with Crippen LogP contribution >= 0.6 is 11.3 Å². The second-order valence-electron chi connectivity index (χ2n) is 6.49. The molecule has 1 fully saturated rings. The molecule has 3 aromatic heterocycles. The number of nitrogens with one attached hydrogen (secondary N) is 1. The fourth-order valence-electron chi connectivity index (χ4n) is 3.02. The van der Waals surface area contributed by atoms with Crippen molar-refractivity contribution in [2.75, 3.05) is 31.6 Å². The maximum Gasteiger partial charge on any atom is 0.247 e. The molecule has 1 amide bonds. The average Bonchev–Trinajstić information content (AvgIpc) is 3.39. The molecule has 0 unspecified atom stereocenters. The summed E-state index contributed by atoms with van der Waals surface area (Å²) in [6.07, 6.45) is 3.48. The van der Waals surface area contributed by atoms with Crippen molar-refractivity contribution in [2.45, 2.75) is 13.1 Å². The first-order valence-electron chi connectivity index (χ1n) is 8.86. The Hall–Kier alpha value is -2.49. The summed E-state index contributed by atoms with van der Waals surface area (Å²) in [5.41, 5.74) is 2.18. The smallest absolute Gasteiger partial charge is 0.247 e. The summed E-state index contributed by atoms with van der Waals surface area (Å²) in [7, 11) is 1.78. The van der Waals surface area contributed by atoms with Gasteiger partial charge in [-0.15, -0.1) is 11.3 Å². The molecule has 9 heteroatoms. The number of carbonyl (C=O) groups excluding carboxylic acids is 1. The summed E-state index contributed by atoms with van der Waals surface area (Å²) in [4.78, 5) is 15.7. The molecule has 1 aliphatic rings. The van der Waals surface area contributed by atoms with Crippen molar-refractivity contribution >= 4 is 23.1 Å². The molecule has 1 saturated heterocycles. The van der Waals surface area contributed by atoms with Crippen LogP contribution < -0.4 is 5.32 Å². The van der Waals surface area contributed by atoms with Gasteiger partial charge in [-0.25, -0.2) is 0 Å². The van der Waals surface area contributed by atoms with Crippen LogP contribution in [0.4, 0.5) is 5.82 Å². The number of morpholine rings is 1. The van der Waals surface area contributed by atoms with Crippen LogP contribution in [0.2, 0.25) is 0 Å². The summed E-state index contributed by atoms with van der Waals surface area (Å²) < 4.78 is 8.67. The number of ether oxygens (including phenoxy) is 1. The second-order valence-corrected chi connectivity index (χ2v) is 7.41. The molecule has 0 atom stereocenters. The predicted octanol–water partition coefficient (Wildman–Crippen LogP) is 1.82.